The molecule has 0 spiro atoms. The highest BCUT2D eigenvalue weighted by atomic mass is 19.1. The van der Waals surface area contributed by atoms with E-state index in [4.69, 9.17) is 4.74 Å². The number of aliphatic hydroxyl groups excluding tert-OH is 1. The zero-order valence-electron chi connectivity index (χ0n) is 12.8. The summed E-state index contributed by atoms with van der Waals surface area (Å²) in [5.41, 5.74) is 1.03. The standard InChI is InChI=1S/C16H17FN2O4/c1-18(2)13-7-8-14(19(21)22)16(9-13)23-10-15(20)11-3-5-12(17)6-4-11/h3-9,15,20H,10H2,1-2H3. The highest BCUT2D eigenvalue weighted by molar-refractivity contribution is 5.58. The molecule has 6 nitrogen and oxygen atoms in total. The van der Waals surface area contributed by atoms with E-state index in [1.807, 2.05) is 0 Å². The van der Waals surface area contributed by atoms with Crippen molar-refractivity contribution in [3.05, 3.63) is 64.0 Å². The summed E-state index contributed by atoms with van der Waals surface area (Å²) < 4.78 is 18.3. The summed E-state index contributed by atoms with van der Waals surface area (Å²) in [6, 6.07) is 9.84. The molecule has 2 aromatic rings. The maximum atomic E-state index is 12.9. The molecule has 7 heteroatoms. The van der Waals surface area contributed by atoms with Crippen LogP contribution in [-0.2, 0) is 0 Å². The number of hydrogen-bond donors (Lipinski definition) is 1. The number of ether oxygens (including phenoxy) is 1. The molecule has 1 unspecified atom stereocenters. The Morgan fingerprint density at radius 1 is 1.26 bits per heavy atom. The second-order valence-electron chi connectivity index (χ2n) is 5.18. The molecule has 1 N–H and O–H groups in total. The first kappa shape index (κ1) is 16.7. The molecule has 0 heterocycles. The van der Waals surface area contributed by atoms with Crippen LogP contribution in [0.5, 0.6) is 5.75 Å². The van der Waals surface area contributed by atoms with Gasteiger partial charge in [-0.25, -0.2) is 4.39 Å². The first-order valence-electron chi connectivity index (χ1n) is 6.90. The van der Waals surface area contributed by atoms with Gasteiger partial charge in [0.25, 0.3) is 0 Å². The Bertz CT molecular complexity index is 689. The van der Waals surface area contributed by atoms with Crippen LogP contribution in [0.1, 0.15) is 11.7 Å². The predicted octanol–water partition coefficient (Wildman–Crippen LogP) is 2.91. The minimum absolute atomic E-state index is 0.0716. The predicted molar refractivity (Wildman–Crippen MR) is 84.3 cm³/mol. The van der Waals surface area contributed by atoms with Crippen molar-refractivity contribution in [3.8, 4) is 5.75 Å². The van der Waals surface area contributed by atoms with Crippen LogP contribution in [0.15, 0.2) is 42.5 Å². The Labute approximate surface area is 132 Å². The molecule has 23 heavy (non-hydrogen) atoms. The summed E-state index contributed by atoms with van der Waals surface area (Å²) >= 11 is 0. The fraction of sp³-hybridized carbons (Fsp3) is 0.250. The first-order chi connectivity index (χ1) is 10.9. The lowest BCUT2D eigenvalue weighted by atomic mass is 10.1. The van der Waals surface area contributed by atoms with E-state index in [0.717, 1.165) is 5.69 Å². The zero-order chi connectivity index (χ0) is 17.0. The lowest BCUT2D eigenvalue weighted by Gasteiger charge is -2.16. The third-order valence-corrected chi connectivity index (χ3v) is 3.31. The third-order valence-electron chi connectivity index (χ3n) is 3.31. The van der Waals surface area contributed by atoms with Crippen LogP contribution in [0.4, 0.5) is 15.8 Å². The van der Waals surface area contributed by atoms with Gasteiger partial charge in [-0.15, -0.1) is 0 Å². The number of nitro groups is 1. The summed E-state index contributed by atoms with van der Waals surface area (Å²) in [5.74, 6) is -0.335. The molecule has 0 saturated heterocycles. The van der Waals surface area contributed by atoms with E-state index in [0.29, 0.717) is 5.56 Å². The van der Waals surface area contributed by atoms with E-state index < -0.39 is 16.8 Å². The van der Waals surface area contributed by atoms with Crippen LogP contribution in [0, 0.1) is 15.9 Å². The quantitative estimate of drug-likeness (QED) is 0.654. The first-order valence-corrected chi connectivity index (χ1v) is 6.90. The Kier molecular flexibility index (Phi) is 5.13. The van der Waals surface area contributed by atoms with E-state index in [2.05, 4.69) is 0 Å². The lowest BCUT2D eigenvalue weighted by molar-refractivity contribution is -0.385. The number of aliphatic hydroxyl groups is 1. The van der Waals surface area contributed by atoms with Gasteiger partial charge in [0.05, 0.1) is 4.92 Å². The minimum atomic E-state index is -1.02. The topological polar surface area (TPSA) is 75.8 Å². The van der Waals surface area contributed by atoms with Gasteiger partial charge in [-0.3, -0.25) is 10.1 Å². The Morgan fingerprint density at radius 2 is 1.91 bits per heavy atom. The molecule has 0 aliphatic carbocycles. The average molecular weight is 320 g/mol. The number of nitrogens with zero attached hydrogens (tertiary/aromatic N) is 2. The molecule has 0 aliphatic rings. The molecule has 0 aliphatic heterocycles. The molecule has 0 amide bonds. The molecular weight excluding hydrogens is 303 g/mol. The van der Waals surface area contributed by atoms with Crippen LogP contribution < -0.4 is 9.64 Å². The van der Waals surface area contributed by atoms with Gasteiger partial charge in [-0.1, -0.05) is 12.1 Å². The van der Waals surface area contributed by atoms with Crippen LogP contribution >= 0.6 is 0 Å². The molecule has 2 aromatic carbocycles. The van der Waals surface area contributed by atoms with E-state index in [1.165, 1.54) is 36.4 Å². The molecule has 122 valence electrons. The van der Waals surface area contributed by atoms with Crippen molar-refractivity contribution in [3.63, 3.8) is 0 Å². The van der Waals surface area contributed by atoms with Gasteiger partial charge >= 0.3 is 5.69 Å². The zero-order valence-corrected chi connectivity index (χ0v) is 12.8. The van der Waals surface area contributed by atoms with Crippen molar-refractivity contribution < 1.29 is 19.2 Å². The van der Waals surface area contributed by atoms with Crippen LogP contribution in [0.2, 0.25) is 0 Å². The van der Waals surface area contributed by atoms with Crippen molar-refractivity contribution >= 4 is 11.4 Å². The van der Waals surface area contributed by atoms with Crippen molar-refractivity contribution in [2.45, 2.75) is 6.10 Å². The van der Waals surface area contributed by atoms with Crippen molar-refractivity contribution in [2.75, 3.05) is 25.6 Å². The normalized spacial score (nSPS) is 11.8. The number of anilines is 1. The molecule has 2 rings (SSSR count). The van der Waals surface area contributed by atoms with E-state index in [9.17, 15) is 19.6 Å². The van der Waals surface area contributed by atoms with Gasteiger partial charge < -0.3 is 14.7 Å². The smallest absolute Gasteiger partial charge is 0.311 e. The molecule has 0 saturated carbocycles. The van der Waals surface area contributed by atoms with Crippen molar-refractivity contribution in [1.82, 2.24) is 0 Å². The monoisotopic (exact) mass is 320 g/mol. The Hall–Kier alpha value is -2.67. The maximum absolute atomic E-state index is 12.9. The van der Waals surface area contributed by atoms with Crippen LogP contribution in [0.3, 0.4) is 0 Å². The molecule has 1 atom stereocenters. The third kappa shape index (κ3) is 4.17. The minimum Gasteiger partial charge on any atom is -0.484 e. The Balaban J connectivity index is 2.16. The number of hydrogen-bond acceptors (Lipinski definition) is 5. The van der Waals surface area contributed by atoms with E-state index >= 15 is 0 Å². The molecule has 0 bridgehead atoms. The van der Waals surface area contributed by atoms with Gasteiger partial charge in [0.15, 0.2) is 5.75 Å². The molecule has 0 fully saturated rings. The largest absolute Gasteiger partial charge is 0.484 e. The fourth-order valence-corrected chi connectivity index (χ4v) is 2.00. The lowest BCUT2D eigenvalue weighted by Crippen LogP contribution is -2.12. The van der Waals surface area contributed by atoms with Crippen LogP contribution in [-0.4, -0.2) is 30.7 Å². The SMILES string of the molecule is CN(C)c1ccc([N+](=O)[O-])c(OCC(O)c2ccc(F)cc2)c1. The molecule has 0 radical (unpaired) electrons. The summed E-state index contributed by atoms with van der Waals surface area (Å²) in [4.78, 5) is 12.3. The van der Waals surface area contributed by atoms with Crippen LogP contribution in [0.25, 0.3) is 0 Å². The highest BCUT2D eigenvalue weighted by Gasteiger charge is 2.18. The average Bonchev–Trinajstić information content (AvgIpc) is 2.52. The second-order valence-corrected chi connectivity index (χ2v) is 5.18. The summed E-state index contributed by atoms with van der Waals surface area (Å²) in [6.45, 7) is -0.177. The number of halogens is 1. The molecular formula is C16H17FN2O4. The summed E-state index contributed by atoms with van der Waals surface area (Å²) in [5, 5.41) is 21.1. The maximum Gasteiger partial charge on any atom is 0.311 e. The van der Waals surface area contributed by atoms with Gasteiger partial charge in [0.1, 0.15) is 18.5 Å². The number of rotatable bonds is 6. The number of nitro benzene ring substituents is 1. The number of benzene rings is 2. The van der Waals surface area contributed by atoms with E-state index in [1.54, 1.807) is 25.1 Å². The fourth-order valence-electron chi connectivity index (χ4n) is 2.00. The van der Waals surface area contributed by atoms with Gasteiger partial charge in [-0.05, 0) is 23.8 Å². The highest BCUT2D eigenvalue weighted by Crippen LogP contribution is 2.31. The summed E-state index contributed by atoms with van der Waals surface area (Å²) in [6.07, 6.45) is -1.02. The second kappa shape index (κ2) is 7.06. The van der Waals surface area contributed by atoms with Crippen molar-refractivity contribution in [1.29, 1.82) is 0 Å². The van der Waals surface area contributed by atoms with Gasteiger partial charge in [0, 0.05) is 31.9 Å². The molecule has 0 aromatic heterocycles. The van der Waals surface area contributed by atoms with Gasteiger partial charge in [0.2, 0.25) is 0 Å². The van der Waals surface area contributed by atoms with E-state index in [-0.39, 0.29) is 18.0 Å². The Morgan fingerprint density at radius 3 is 2.48 bits per heavy atom. The van der Waals surface area contributed by atoms with Crippen molar-refractivity contribution in [2.24, 2.45) is 0 Å². The van der Waals surface area contributed by atoms with Gasteiger partial charge in [-0.2, -0.15) is 0 Å². The summed E-state index contributed by atoms with van der Waals surface area (Å²) in [7, 11) is 3.61.